The van der Waals surface area contributed by atoms with Gasteiger partial charge in [-0.3, -0.25) is 9.59 Å². The summed E-state index contributed by atoms with van der Waals surface area (Å²) in [5.41, 5.74) is 4.13. The predicted molar refractivity (Wildman–Crippen MR) is 122 cm³/mol. The summed E-state index contributed by atoms with van der Waals surface area (Å²) < 4.78 is 14.5. The number of aryl methyl sites for hydroxylation is 3. The number of nitrogens with one attached hydrogen (secondary N) is 1. The summed E-state index contributed by atoms with van der Waals surface area (Å²) in [7, 11) is 0. The molecule has 4 nitrogen and oxygen atoms in total. The Balaban J connectivity index is 1.88. The zero-order valence-corrected chi connectivity index (χ0v) is 18.0. The second-order valence-corrected chi connectivity index (χ2v) is 7.96. The lowest BCUT2D eigenvalue weighted by Gasteiger charge is -2.16. The van der Waals surface area contributed by atoms with Gasteiger partial charge in [-0.15, -0.1) is 0 Å². The smallest absolute Gasteiger partial charge is 0.282 e. The number of carbonyl (C=O) groups excluding carboxylic acids is 2. The number of anilines is 2. The van der Waals surface area contributed by atoms with E-state index < -0.39 is 17.6 Å². The van der Waals surface area contributed by atoms with Gasteiger partial charge in [0.15, 0.2) is 0 Å². The highest BCUT2D eigenvalue weighted by atomic mass is 35.5. The van der Waals surface area contributed by atoms with Crippen LogP contribution in [0.4, 0.5) is 15.8 Å². The lowest BCUT2D eigenvalue weighted by atomic mass is 9.97. The van der Waals surface area contributed by atoms with Crippen molar-refractivity contribution in [1.29, 1.82) is 0 Å². The van der Waals surface area contributed by atoms with E-state index in [4.69, 9.17) is 11.6 Å². The normalized spacial score (nSPS) is 13.9. The lowest BCUT2D eigenvalue weighted by molar-refractivity contribution is -0.120. The summed E-state index contributed by atoms with van der Waals surface area (Å²) in [6.07, 6.45) is 0. The van der Waals surface area contributed by atoms with Crippen molar-refractivity contribution in [3.8, 4) is 0 Å². The topological polar surface area (TPSA) is 49.4 Å². The molecule has 31 heavy (non-hydrogen) atoms. The maximum absolute atomic E-state index is 14.5. The minimum atomic E-state index is -0.649. The third kappa shape index (κ3) is 3.73. The third-order valence-corrected chi connectivity index (χ3v) is 5.68. The summed E-state index contributed by atoms with van der Waals surface area (Å²) in [6.45, 7) is 5.70. The number of imide groups is 1. The van der Waals surface area contributed by atoms with Crippen molar-refractivity contribution in [3.05, 3.63) is 99.5 Å². The fraction of sp³-hybridized carbons (Fsp3) is 0.120. The molecule has 0 saturated carbocycles. The van der Waals surface area contributed by atoms with Crippen LogP contribution in [0.3, 0.4) is 0 Å². The molecule has 0 spiro atoms. The van der Waals surface area contributed by atoms with Crippen LogP contribution in [0.5, 0.6) is 0 Å². The summed E-state index contributed by atoms with van der Waals surface area (Å²) >= 11 is 6.24. The van der Waals surface area contributed by atoms with Gasteiger partial charge in [0, 0.05) is 10.7 Å². The Morgan fingerprint density at radius 2 is 1.61 bits per heavy atom. The van der Waals surface area contributed by atoms with Crippen LogP contribution in [0, 0.1) is 26.6 Å². The summed E-state index contributed by atoms with van der Waals surface area (Å²) in [5.74, 6) is -1.85. The van der Waals surface area contributed by atoms with E-state index in [1.807, 2.05) is 39.0 Å². The first kappa shape index (κ1) is 20.8. The van der Waals surface area contributed by atoms with Crippen molar-refractivity contribution in [3.63, 3.8) is 0 Å². The standard InChI is InChI=1S/C25H20ClFN2O2/c1-14-8-11-18(16(3)12-14)22-23(28-17-10-9-15(2)19(26)13-17)25(31)29(24(22)30)21-7-5-4-6-20(21)27/h4-13,28H,1-3H3. The van der Waals surface area contributed by atoms with Gasteiger partial charge in [0.2, 0.25) is 0 Å². The zero-order valence-electron chi connectivity index (χ0n) is 17.3. The van der Waals surface area contributed by atoms with Crippen molar-refractivity contribution in [2.45, 2.75) is 20.8 Å². The second kappa shape index (κ2) is 8.00. The molecule has 0 aliphatic carbocycles. The van der Waals surface area contributed by atoms with Gasteiger partial charge in [-0.05, 0) is 61.7 Å². The molecule has 3 aromatic rings. The number of amides is 2. The van der Waals surface area contributed by atoms with E-state index in [2.05, 4.69) is 5.32 Å². The van der Waals surface area contributed by atoms with Gasteiger partial charge in [0.1, 0.15) is 11.5 Å². The highest BCUT2D eigenvalue weighted by Gasteiger charge is 2.41. The van der Waals surface area contributed by atoms with E-state index in [-0.39, 0.29) is 17.0 Å². The van der Waals surface area contributed by atoms with Crippen molar-refractivity contribution < 1.29 is 14.0 Å². The fourth-order valence-corrected chi connectivity index (χ4v) is 3.84. The lowest BCUT2D eigenvalue weighted by Crippen LogP contribution is -2.33. The number of hydrogen-bond acceptors (Lipinski definition) is 3. The number of halogens is 2. The molecule has 1 aliphatic rings. The van der Waals surface area contributed by atoms with E-state index in [0.717, 1.165) is 21.6 Å². The fourth-order valence-electron chi connectivity index (χ4n) is 3.66. The van der Waals surface area contributed by atoms with Crippen molar-refractivity contribution in [1.82, 2.24) is 0 Å². The van der Waals surface area contributed by atoms with E-state index in [9.17, 15) is 14.0 Å². The van der Waals surface area contributed by atoms with Gasteiger partial charge in [0.25, 0.3) is 11.8 Å². The molecule has 0 unspecified atom stereocenters. The van der Waals surface area contributed by atoms with Crippen LogP contribution >= 0.6 is 11.6 Å². The average Bonchev–Trinajstić information content (AvgIpc) is 2.95. The Labute approximate surface area is 185 Å². The molecule has 0 fully saturated rings. The SMILES string of the molecule is Cc1ccc(C2=C(Nc3ccc(C)c(Cl)c3)C(=O)N(c3ccccc3F)C2=O)c(C)c1. The first-order chi connectivity index (χ1) is 14.8. The third-order valence-electron chi connectivity index (χ3n) is 5.27. The Hall–Kier alpha value is -3.44. The van der Waals surface area contributed by atoms with Crippen LogP contribution in [0.25, 0.3) is 5.57 Å². The molecule has 156 valence electrons. The first-order valence-electron chi connectivity index (χ1n) is 9.76. The summed E-state index contributed by atoms with van der Waals surface area (Å²) in [4.78, 5) is 27.7. The highest BCUT2D eigenvalue weighted by Crippen LogP contribution is 2.36. The quantitative estimate of drug-likeness (QED) is 0.528. The maximum Gasteiger partial charge on any atom is 0.282 e. The monoisotopic (exact) mass is 434 g/mol. The van der Waals surface area contributed by atoms with E-state index in [1.165, 1.54) is 18.2 Å². The number of carbonyl (C=O) groups is 2. The zero-order chi connectivity index (χ0) is 22.3. The molecule has 0 bridgehead atoms. The maximum atomic E-state index is 14.5. The molecule has 0 saturated heterocycles. The van der Waals surface area contributed by atoms with Crippen molar-refractivity contribution >= 4 is 40.4 Å². The Morgan fingerprint density at radius 3 is 2.29 bits per heavy atom. The van der Waals surface area contributed by atoms with Crippen molar-refractivity contribution in [2.75, 3.05) is 10.2 Å². The van der Waals surface area contributed by atoms with Crippen molar-refractivity contribution in [2.24, 2.45) is 0 Å². The second-order valence-electron chi connectivity index (χ2n) is 7.55. The molecule has 0 aromatic heterocycles. The van der Waals surface area contributed by atoms with Crippen LogP contribution in [0.1, 0.15) is 22.3 Å². The number of rotatable bonds is 4. The molecule has 4 rings (SSSR count). The number of benzene rings is 3. The minimum absolute atomic E-state index is 0.0834. The molecular formula is C25H20ClFN2O2. The molecule has 3 aromatic carbocycles. The van der Waals surface area contributed by atoms with E-state index in [0.29, 0.717) is 16.3 Å². The van der Waals surface area contributed by atoms with Gasteiger partial charge >= 0.3 is 0 Å². The Morgan fingerprint density at radius 1 is 0.871 bits per heavy atom. The highest BCUT2D eigenvalue weighted by molar-refractivity contribution is 6.46. The minimum Gasteiger partial charge on any atom is -0.350 e. The summed E-state index contributed by atoms with van der Waals surface area (Å²) in [6, 6.07) is 16.6. The average molecular weight is 435 g/mol. The molecule has 1 aliphatic heterocycles. The number of para-hydroxylation sites is 1. The van der Waals surface area contributed by atoms with E-state index in [1.54, 1.807) is 24.3 Å². The molecule has 6 heteroatoms. The van der Waals surface area contributed by atoms with Gasteiger partial charge in [-0.2, -0.15) is 0 Å². The molecule has 0 atom stereocenters. The van der Waals surface area contributed by atoms with E-state index >= 15 is 0 Å². The number of hydrogen-bond donors (Lipinski definition) is 1. The molecule has 1 heterocycles. The van der Waals surface area contributed by atoms with Crippen LogP contribution in [0.15, 0.2) is 66.4 Å². The molecular weight excluding hydrogens is 415 g/mol. The van der Waals surface area contributed by atoms with Crippen LogP contribution in [0.2, 0.25) is 5.02 Å². The number of nitrogens with zero attached hydrogens (tertiary/aromatic N) is 1. The van der Waals surface area contributed by atoms with Gasteiger partial charge in [0.05, 0.1) is 11.3 Å². The van der Waals surface area contributed by atoms with Gasteiger partial charge < -0.3 is 5.32 Å². The van der Waals surface area contributed by atoms with Crippen LogP contribution in [-0.4, -0.2) is 11.8 Å². The molecule has 2 amide bonds. The predicted octanol–water partition coefficient (Wildman–Crippen LogP) is 5.80. The molecule has 1 N–H and O–H groups in total. The Bertz CT molecular complexity index is 1270. The van der Waals surface area contributed by atoms with Gasteiger partial charge in [-0.1, -0.05) is 53.6 Å². The molecule has 0 radical (unpaired) electrons. The largest absolute Gasteiger partial charge is 0.350 e. The Kier molecular flexibility index (Phi) is 5.38. The first-order valence-corrected chi connectivity index (χ1v) is 10.1. The van der Waals surface area contributed by atoms with Crippen LogP contribution in [-0.2, 0) is 9.59 Å². The van der Waals surface area contributed by atoms with Gasteiger partial charge in [-0.25, -0.2) is 9.29 Å². The van der Waals surface area contributed by atoms with Crippen LogP contribution < -0.4 is 10.2 Å². The summed E-state index contributed by atoms with van der Waals surface area (Å²) in [5, 5.41) is 3.59.